The Hall–Kier alpha value is -3.52. The van der Waals surface area contributed by atoms with Crippen molar-refractivity contribution in [3.8, 4) is 17.2 Å². The number of carbonyl (C=O) groups excluding carboxylic acids is 2. The van der Waals surface area contributed by atoms with Gasteiger partial charge in [-0.15, -0.1) is 0 Å². The van der Waals surface area contributed by atoms with Crippen molar-refractivity contribution in [2.24, 2.45) is 10.7 Å². The molecular weight excluding hydrogens is 400 g/mol. The van der Waals surface area contributed by atoms with Gasteiger partial charge in [0.15, 0.2) is 23.8 Å². The molecule has 1 aliphatic heterocycles. The highest BCUT2D eigenvalue weighted by atomic mass is 35.5. The van der Waals surface area contributed by atoms with E-state index in [1.165, 1.54) is 20.3 Å². The number of ether oxygens (including phenoxy) is 4. The molecule has 0 saturated heterocycles. The summed E-state index contributed by atoms with van der Waals surface area (Å²) in [7, 11) is 2.87. The fourth-order valence-corrected chi connectivity index (χ4v) is 2.77. The minimum atomic E-state index is -0.642. The van der Waals surface area contributed by atoms with E-state index in [0.29, 0.717) is 27.6 Å². The van der Waals surface area contributed by atoms with Crippen molar-refractivity contribution >= 4 is 35.5 Å². The first-order chi connectivity index (χ1) is 13.9. The molecule has 0 radical (unpaired) electrons. The number of primary amides is 1. The second kappa shape index (κ2) is 8.66. The number of hydrogen-bond acceptors (Lipinski definition) is 7. The second-order valence-electron chi connectivity index (χ2n) is 5.86. The lowest BCUT2D eigenvalue weighted by Crippen LogP contribution is -2.20. The average molecular weight is 417 g/mol. The Kier molecular flexibility index (Phi) is 6.04. The van der Waals surface area contributed by atoms with E-state index in [0.717, 1.165) is 0 Å². The van der Waals surface area contributed by atoms with Crippen LogP contribution in [0.15, 0.2) is 47.1 Å². The molecule has 1 heterocycles. The molecule has 0 aromatic heterocycles. The Morgan fingerprint density at radius 3 is 2.48 bits per heavy atom. The highest BCUT2D eigenvalue weighted by molar-refractivity contribution is 6.31. The molecule has 0 saturated carbocycles. The van der Waals surface area contributed by atoms with Crippen molar-refractivity contribution in [2.45, 2.75) is 0 Å². The summed E-state index contributed by atoms with van der Waals surface area (Å²) in [6.07, 6.45) is 1.52. The average Bonchev–Trinajstić information content (AvgIpc) is 3.06. The van der Waals surface area contributed by atoms with Gasteiger partial charge in [-0.25, -0.2) is 9.79 Å². The molecule has 0 atom stereocenters. The van der Waals surface area contributed by atoms with Crippen LogP contribution < -0.4 is 19.9 Å². The molecule has 1 amide bonds. The van der Waals surface area contributed by atoms with Crippen molar-refractivity contribution in [1.82, 2.24) is 0 Å². The van der Waals surface area contributed by atoms with E-state index >= 15 is 0 Å². The van der Waals surface area contributed by atoms with E-state index in [4.69, 9.17) is 36.3 Å². The SMILES string of the molecule is COc1cc(C=C2N=C(c3cccc(Cl)c3)OC2=O)cc(OC)c1OCC(N)=O. The van der Waals surface area contributed by atoms with Gasteiger partial charge in [0.1, 0.15) is 0 Å². The van der Waals surface area contributed by atoms with Gasteiger partial charge in [0.25, 0.3) is 5.91 Å². The number of benzene rings is 2. The number of methoxy groups -OCH3 is 2. The lowest BCUT2D eigenvalue weighted by Gasteiger charge is -2.14. The molecule has 0 aliphatic carbocycles. The van der Waals surface area contributed by atoms with Crippen LogP contribution in [0.3, 0.4) is 0 Å². The fourth-order valence-electron chi connectivity index (χ4n) is 2.58. The minimum Gasteiger partial charge on any atom is -0.493 e. The number of esters is 1. The Bertz CT molecular complexity index is 1010. The Morgan fingerprint density at radius 2 is 1.90 bits per heavy atom. The third kappa shape index (κ3) is 4.67. The number of nitrogens with zero attached hydrogens (tertiary/aromatic N) is 1. The molecule has 0 unspecified atom stereocenters. The third-order valence-corrected chi connectivity index (χ3v) is 4.07. The number of cyclic esters (lactones) is 1. The summed E-state index contributed by atoms with van der Waals surface area (Å²) in [5.41, 5.74) is 6.34. The number of rotatable bonds is 7. The molecule has 3 rings (SSSR count). The molecule has 2 aromatic carbocycles. The molecule has 0 fully saturated rings. The van der Waals surface area contributed by atoms with Crippen molar-refractivity contribution < 1.29 is 28.5 Å². The van der Waals surface area contributed by atoms with Gasteiger partial charge < -0.3 is 24.7 Å². The highest BCUT2D eigenvalue weighted by Crippen LogP contribution is 2.39. The van der Waals surface area contributed by atoms with Crippen LogP contribution >= 0.6 is 11.6 Å². The van der Waals surface area contributed by atoms with Crippen molar-refractivity contribution in [2.75, 3.05) is 20.8 Å². The summed E-state index contributed by atoms with van der Waals surface area (Å²) in [6, 6.07) is 10.0. The highest BCUT2D eigenvalue weighted by Gasteiger charge is 2.25. The van der Waals surface area contributed by atoms with Crippen LogP contribution in [0.1, 0.15) is 11.1 Å². The number of aliphatic imine (C=N–C) groups is 1. The summed E-state index contributed by atoms with van der Waals surface area (Å²) in [5, 5.41) is 0.500. The van der Waals surface area contributed by atoms with Gasteiger partial charge in [0, 0.05) is 10.6 Å². The maximum atomic E-state index is 12.2. The van der Waals surface area contributed by atoms with Gasteiger partial charge in [-0.2, -0.15) is 0 Å². The smallest absolute Gasteiger partial charge is 0.363 e. The topological polar surface area (TPSA) is 109 Å². The van der Waals surface area contributed by atoms with E-state index in [2.05, 4.69) is 4.99 Å². The van der Waals surface area contributed by atoms with Crippen LogP contribution in [-0.2, 0) is 14.3 Å². The first-order valence-electron chi connectivity index (χ1n) is 8.37. The van der Waals surface area contributed by atoms with Gasteiger partial charge in [0.2, 0.25) is 11.6 Å². The fraction of sp³-hybridized carbons (Fsp3) is 0.150. The Labute approximate surface area is 171 Å². The lowest BCUT2D eigenvalue weighted by atomic mass is 10.1. The summed E-state index contributed by atoms with van der Waals surface area (Å²) in [6.45, 7) is -0.341. The zero-order chi connectivity index (χ0) is 21.0. The molecular formula is C20H17ClN2O6. The zero-order valence-corrected chi connectivity index (χ0v) is 16.4. The largest absolute Gasteiger partial charge is 0.493 e. The van der Waals surface area contributed by atoms with Crippen molar-refractivity contribution in [3.63, 3.8) is 0 Å². The second-order valence-corrected chi connectivity index (χ2v) is 6.29. The first kappa shape index (κ1) is 20.2. The number of halogens is 1. The van der Waals surface area contributed by atoms with Gasteiger partial charge in [-0.1, -0.05) is 17.7 Å². The normalized spacial score (nSPS) is 14.4. The molecule has 2 N–H and O–H groups in total. The molecule has 150 valence electrons. The molecule has 29 heavy (non-hydrogen) atoms. The zero-order valence-electron chi connectivity index (χ0n) is 15.6. The summed E-state index contributed by atoms with van der Waals surface area (Å²) < 4.78 is 21.2. The predicted octanol–water partition coefficient (Wildman–Crippen LogP) is 2.57. The van der Waals surface area contributed by atoms with Crippen LogP contribution in [0.25, 0.3) is 6.08 Å². The summed E-state index contributed by atoms with van der Waals surface area (Å²) >= 11 is 5.97. The molecule has 9 heteroatoms. The maximum Gasteiger partial charge on any atom is 0.363 e. The van der Waals surface area contributed by atoms with E-state index in [-0.39, 0.29) is 24.0 Å². The quantitative estimate of drug-likeness (QED) is 0.548. The standard InChI is InChI=1S/C20H17ClN2O6/c1-26-15-7-11(8-16(27-2)18(15)28-10-17(22)24)6-14-20(25)29-19(23-14)12-4-3-5-13(21)9-12/h3-9H,10H2,1-2H3,(H2,22,24). The van der Waals surface area contributed by atoms with Crippen molar-refractivity contribution in [1.29, 1.82) is 0 Å². The van der Waals surface area contributed by atoms with Crippen LogP contribution in [-0.4, -0.2) is 38.6 Å². The predicted molar refractivity (Wildman–Crippen MR) is 106 cm³/mol. The molecule has 1 aliphatic rings. The lowest BCUT2D eigenvalue weighted by molar-refractivity contribution is -0.130. The van der Waals surface area contributed by atoms with E-state index in [9.17, 15) is 9.59 Å². The number of amides is 1. The summed E-state index contributed by atoms with van der Waals surface area (Å²) in [4.78, 5) is 27.5. The van der Waals surface area contributed by atoms with Gasteiger partial charge in [-0.3, -0.25) is 4.79 Å². The third-order valence-electron chi connectivity index (χ3n) is 3.84. The monoisotopic (exact) mass is 416 g/mol. The van der Waals surface area contributed by atoms with Gasteiger partial charge in [-0.05, 0) is 42.0 Å². The Morgan fingerprint density at radius 1 is 1.21 bits per heavy atom. The summed E-state index contributed by atoms with van der Waals surface area (Å²) in [5.74, 6) is -0.285. The van der Waals surface area contributed by atoms with E-state index in [1.54, 1.807) is 36.4 Å². The number of carbonyl (C=O) groups is 2. The number of hydrogen-bond donors (Lipinski definition) is 1. The first-order valence-corrected chi connectivity index (χ1v) is 8.74. The van der Waals surface area contributed by atoms with E-state index in [1.807, 2.05) is 0 Å². The number of nitrogens with two attached hydrogens (primary N) is 1. The van der Waals surface area contributed by atoms with Crippen LogP contribution in [0.2, 0.25) is 5.02 Å². The molecule has 2 aromatic rings. The van der Waals surface area contributed by atoms with E-state index < -0.39 is 11.9 Å². The van der Waals surface area contributed by atoms with Crippen molar-refractivity contribution in [3.05, 3.63) is 58.2 Å². The molecule has 8 nitrogen and oxygen atoms in total. The van der Waals surface area contributed by atoms with Crippen LogP contribution in [0, 0.1) is 0 Å². The van der Waals surface area contributed by atoms with Crippen LogP contribution in [0.5, 0.6) is 17.2 Å². The maximum absolute atomic E-state index is 12.2. The molecule has 0 bridgehead atoms. The molecule has 0 spiro atoms. The van der Waals surface area contributed by atoms with Gasteiger partial charge >= 0.3 is 5.97 Å². The van der Waals surface area contributed by atoms with Gasteiger partial charge in [0.05, 0.1) is 14.2 Å². The Balaban J connectivity index is 1.96. The minimum absolute atomic E-state index is 0.0925. The van der Waals surface area contributed by atoms with Crippen LogP contribution in [0.4, 0.5) is 0 Å².